The lowest BCUT2D eigenvalue weighted by Gasteiger charge is -2.20. The summed E-state index contributed by atoms with van der Waals surface area (Å²) in [6, 6.07) is 11.7. The summed E-state index contributed by atoms with van der Waals surface area (Å²) >= 11 is 0. The molecule has 0 aromatic heterocycles. The van der Waals surface area contributed by atoms with Gasteiger partial charge in [-0.3, -0.25) is 9.59 Å². The van der Waals surface area contributed by atoms with Gasteiger partial charge in [-0.25, -0.2) is 5.43 Å². The molecule has 0 saturated heterocycles. The van der Waals surface area contributed by atoms with Crippen molar-refractivity contribution in [1.82, 2.24) is 10.7 Å². The van der Waals surface area contributed by atoms with Crippen molar-refractivity contribution in [3.05, 3.63) is 42.0 Å². The first-order valence-corrected chi connectivity index (χ1v) is 9.34. The van der Waals surface area contributed by atoms with Crippen molar-refractivity contribution in [1.29, 1.82) is 0 Å². The molecule has 0 heterocycles. The van der Waals surface area contributed by atoms with Crippen LogP contribution in [0.5, 0.6) is 5.75 Å². The molecule has 0 aliphatic heterocycles. The summed E-state index contributed by atoms with van der Waals surface area (Å²) in [5.74, 6) is 0.325. The first-order chi connectivity index (χ1) is 13.2. The number of hydrogen-bond donors (Lipinski definition) is 2. The summed E-state index contributed by atoms with van der Waals surface area (Å²) in [7, 11) is 1.60. The molecule has 0 unspecified atom stereocenters. The molecule has 27 heavy (non-hydrogen) atoms. The lowest BCUT2D eigenvalue weighted by atomic mass is 9.89. The number of rotatable bonds is 6. The summed E-state index contributed by atoms with van der Waals surface area (Å²) in [4.78, 5) is 24.0. The maximum atomic E-state index is 12.1. The van der Waals surface area contributed by atoms with Gasteiger partial charge in [-0.05, 0) is 29.7 Å². The molecule has 1 aliphatic carbocycles. The molecular weight excluding hydrogens is 342 g/mol. The number of methoxy groups -OCH3 is 1. The van der Waals surface area contributed by atoms with E-state index >= 15 is 0 Å². The van der Waals surface area contributed by atoms with E-state index in [1.54, 1.807) is 13.3 Å². The van der Waals surface area contributed by atoms with Gasteiger partial charge in [0.1, 0.15) is 5.75 Å². The van der Waals surface area contributed by atoms with E-state index in [0.717, 1.165) is 42.0 Å². The zero-order chi connectivity index (χ0) is 19.1. The van der Waals surface area contributed by atoms with Crippen LogP contribution in [0.4, 0.5) is 0 Å². The number of hydrazone groups is 1. The van der Waals surface area contributed by atoms with Crippen LogP contribution in [0, 0.1) is 5.92 Å². The highest BCUT2D eigenvalue weighted by molar-refractivity contribution is 6.02. The quantitative estimate of drug-likeness (QED) is 0.608. The number of carbonyl (C=O) groups is 2. The number of fused-ring (bicyclic) bond motifs is 1. The first kappa shape index (κ1) is 18.9. The molecule has 142 valence electrons. The van der Waals surface area contributed by atoms with Gasteiger partial charge in [0.15, 0.2) is 0 Å². The molecule has 2 aromatic rings. The van der Waals surface area contributed by atoms with Crippen molar-refractivity contribution in [2.24, 2.45) is 11.0 Å². The van der Waals surface area contributed by atoms with Gasteiger partial charge in [0.25, 0.3) is 5.91 Å². The molecule has 2 amide bonds. The average Bonchev–Trinajstić information content (AvgIpc) is 2.72. The second kappa shape index (κ2) is 9.16. The van der Waals surface area contributed by atoms with E-state index in [9.17, 15) is 9.59 Å². The fraction of sp³-hybridized carbons (Fsp3) is 0.381. The van der Waals surface area contributed by atoms with Gasteiger partial charge in [0, 0.05) is 11.5 Å². The molecular formula is C21H25N3O3. The van der Waals surface area contributed by atoms with E-state index in [0.29, 0.717) is 5.75 Å². The third-order valence-electron chi connectivity index (χ3n) is 4.93. The Labute approximate surface area is 159 Å². The molecule has 3 rings (SSSR count). The number of ether oxygens (including phenoxy) is 1. The van der Waals surface area contributed by atoms with Crippen LogP contribution in [0.15, 0.2) is 41.5 Å². The standard InChI is InChI=1S/C21H25N3O3/c1-27-19-12-11-15-7-5-6-10-17(15)18(19)13-23-24-20(25)14-22-21(26)16-8-3-2-4-9-16/h5-7,10-13,16H,2-4,8-9,14H2,1H3,(H,22,26)(H,24,25). The lowest BCUT2D eigenvalue weighted by molar-refractivity contribution is -0.129. The Hall–Kier alpha value is -2.89. The summed E-state index contributed by atoms with van der Waals surface area (Å²) in [5, 5.41) is 8.79. The van der Waals surface area contributed by atoms with E-state index < -0.39 is 0 Å². The van der Waals surface area contributed by atoms with Crippen LogP contribution in [0.2, 0.25) is 0 Å². The second-order valence-corrected chi connectivity index (χ2v) is 6.75. The Morgan fingerprint density at radius 1 is 1.15 bits per heavy atom. The molecule has 1 aliphatic rings. The Kier molecular flexibility index (Phi) is 6.41. The summed E-state index contributed by atoms with van der Waals surface area (Å²) in [6.07, 6.45) is 6.75. The van der Waals surface area contributed by atoms with Gasteiger partial charge in [-0.2, -0.15) is 5.10 Å². The first-order valence-electron chi connectivity index (χ1n) is 9.34. The predicted octanol–water partition coefficient (Wildman–Crippen LogP) is 3.00. The van der Waals surface area contributed by atoms with Gasteiger partial charge in [-0.1, -0.05) is 49.6 Å². The van der Waals surface area contributed by atoms with Crippen LogP contribution >= 0.6 is 0 Å². The number of hydrogen-bond acceptors (Lipinski definition) is 4. The van der Waals surface area contributed by atoms with E-state index in [1.807, 2.05) is 36.4 Å². The molecule has 1 fully saturated rings. The van der Waals surface area contributed by atoms with Gasteiger partial charge in [-0.15, -0.1) is 0 Å². The Balaban J connectivity index is 1.58. The third kappa shape index (κ3) is 4.84. The normalized spacial score (nSPS) is 15.0. The number of benzene rings is 2. The average molecular weight is 367 g/mol. The van der Waals surface area contributed by atoms with E-state index in [4.69, 9.17) is 4.74 Å². The molecule has 0 spiro atoms. The van der Waals surface area contributed by atoms with Crippen molar-refractivity contribution < 1.29 is 14.3 Å². The van der Waals surface area contributed by atoms with Gasteiger partial charge < -0.3 is 10.1 Å². The van der Waals surface area contributed by atoms with Crippen molar-refractivity contribution in [3.8, 4) is 5.75 Å². The zero-order valence-corrected chi connectivity index (χ0v) is 15.5. The lowest BCUT2D eigenvalue weighted by Crippen LogP contribution is -2.38. The number of carbonyl (C=O) groups excluding carboxylic acids is 2. The Bertz CT molecular complexity index is 842. The van der Waals surface area contributed by atoms with Crippen LogP contribution in [-0.4, -0.2) is 31.7 Å². The van der Waals surface area contributed by atoms with Crippen molar-refractivity contribution in [2.45, 2.75) is 32.1 Å². The fourth-order valence-electron chi connectivity index (χ4n) is 3.47. The smallest absolute Gasteiger partial charge is 0.259 e. The van der Waals surface area contributed by atoms with Gasteiger partial charge >= 0.3 is 0 Å². The van der Waals surface area contributed by atoms with Crippen LogP contribution in [0.3, 0.4) is 0 Å². The number of nitrogens with zero attached hydrogens (tertiary/aromatic N) is 1. The Morgan fingerprint density at radius 3 is 2.70 bits per heavy atom. The molecule has 0 radical (unpaired) electrons. The maximum Gasteiger partial charge on any atom is 0.259 e. The number of amides is 2. The minimum absolute atomic E-state index is 0.0370. The molecule has 0 atom stereocenters. The highest BCUT2D eigenvalue weighted by Gasteiger charge is 2.21. The van der Waals surface area contributed by atoms with Crippen molar-refractivity contribution in [3.63, 3.8) is 0 Å². The number of nitrogens with one attached hydrogen (secondary N) is 2. The SMILES string of the molecule is COc1ccc2ccccc2c1C=NNC(=O)CNC(=O)C1CCCCC1. The summed E-state index contributed by atoms with van der Waals surface area (Å²) < 4.78 is 5.40. The molecule has 2 aromatic carbocycles. The topological polar surface area (TPSA) is 79.8 Å². The van der Waals surface area contributed by atoms with Crippen LogP contribution in [0.25, 0.3) is 10.8 Å². The Morgan fingerprint density at radius 2 is 1.93 bits per heavy atom. The van der Waals surface area contributed by atoms with Crippen LogP contribution in [-0.2, 0) is 9.59 Å². The van der Waals surface area contributed by atoms with Gasteiger partial charge in [0.05, 0.1) is 19.9 Å². The monoisotopic (exact) mass is 367 g/mol. The highest BCUT2D eigenvalue weighted by Crippen LogP contribution is 2.26. The highest BCUT2D eigenvalue weighted by atomic mass is 16.5. The minimum Gasteiger partial charge on any atom is -0.496 e. The molecule has 0 bridgehead atoms. The third-order valence-corrected chi connectivity index (χ3v) is 4.93. The predicted molar refractivity (Wildman–Crippen MR) is 106 cm³/mol. The van der Waals surface area contributed by atoms with Crippen LogP contribution in [0.1, 0.15) is 37.7 Å². The zero-order valence-electron chi connectivity index (χ0n) is 15.5. The molecule has 6 nitrogen and oxygen atoms in total. The van der Waals surface area contributed by atoms with Crippen molar-refractivity contribution >= 4 is 28.8 Å². The van der Waals surface area contributed by atoms with Crippen molar-refractivity contribution in [2.75, 3.05) is 13.7 Å². The second-order valence-electron chi connectivity index (χ2n) is 6.75. The summed E-state index contributed by atoms with van der Waals surface area (Å²) in [6.45, 7) is -0.0701. The van der Waals surface area contributed by atoms with E-state index in [-0.39, 0.29) is 24.3 Å². The van der Waals surface area contributed by atoms with E-state index in [2.05, 4.69) is 15.8 Å². The molecule has 1 saturated carbocycles. The fourth-order valence-corrected chi connectivity index (χ4v) is 3.47. The minimum atomic E-state index is -0.352. The summed E-state index contributed by atoms with van der Waals surface area (Å²) in [5.41, 5.74) is 3.26. The van der Waals surface area contributed by atoms with Gasteiger partial charge in [0.2, 0.25) is 5.91 Å². The molecule has 6 heteroatoms. The largest absolute Gasteiger partial charge is 0.496 e. The molecule has 2 N–H and O–H groups in total. The van der Waals surface area contributed by atoms with Crippen LogP contribution < -0.4 is 15.5 Å². The maximum absolute atomic E-state index is 12.1. The van der Waals surface area contributed by atoms with E-state index in [1.165, 1.54) is 6.42 Å².